The lowest BCUT2D eigenvalue weighted by molar-refractivity contribution is -0.123. The van der Waals surface area contributed by atoms with Gasteiger partial charge in [0.1, 0.15) is 0 Å². The quantitative estimate of drug-likeness (QED) is 0.819. The molecule has 5 heteroatoms. The van der Waals surface area contributed by atoms with Gasteiger partial charge in [-0.2, -0.15) is 0 Å². The van der Waals surface area contributed by atoms with Crippen molar-refractivity contribution in [2.45, 2.75) is 39.8 Å². The minimum Gasteiger partial charge on any atom is -0.350 e. The lowest BCUT2D eigenvalue weighted by Gasteiger charge is -2.17. The van der Waals surface area contributed by atoms with Crippen molar-refractivity contribution >= 4 is 17.2 Å². The van der Waals surface area contributed by atoms with Gasteiger partial charge in [0.15, 0.2) is 0 Å². The fraction of sp³-hybridized carbons (Fsp3) is 0.636. The van der Waals surface area contributed by atoms with Crippen molar-refractivity contribution in [2.75, 3.05) is 0 Å². The zero-order valence-electron chi connectivity index (χ0n) is 9.99. The molecule has 90 valence electrons. The summed E-state index contributed by atoms with van der Waals surface area (Å²) in [6.07, 6.45) is 2.70. The van der Waals surface area contributed by atoms with Gasteiger partial charge in [-0.25, -0.2) is 4.98 Å². The first kappa shape index (κ1) is 13.1. The number of nitrogens with one attached hydrogen (secondary N) is 1. The third-order valence-corrected chi connectivity index (χ3v) is 3.58. The topological polar surface area (TPSA) is 68.0 Å². The third-order valence-electron chi connectivity index (χ3n) is 2.67. The van der Waals surface area contributed by atoms with Gasteiger partial charge in [0.25, 0.3) is 0 Å². The van der Waals surface area contributed by atoms with Crippen LogP contribution in [0.2, 0.25) is 0 Å². The maximum absolute atomic E-state index is 11.7. The molecule has 1 rings (SSSR count). The number of hydrogen-bond acceptors (Lipinski definition) is 4. The number of amides is 1. The smallest absolute Gasteiger partial charge is 0.237 e. The molecular formula is C11H19N3OS. The molecular weight excluding hydrogens is 222 g/mol. The Balaban J connectivity index is 2.40. The first-order chi connectivity index (χ1) is 7.54. The molecule has 2 atom stereocenters. The van der Waals surface area contributed by atoms with Gasteiger partial charge in [0.05, 0.1) is 17.6 Å². The van der Waals surface area contributed by atoms with Crippen LogP contribution in [-0.4, -0.2) is 16.9 Å². The molecule has 1 amide bonds. The third kappa shape index (κ3) is 3.57. The van der Waals surface area contributed by atoms with Crippen LogP contribution in [-0.2, 0) is 11.3 Å². The Kier molecular flexibility index (Phi) is 4.89. The molecule has 0 aromatic carbocycles. The molecule has 0 saturated heterocycles. The lowest BCUT2D eigenvalue weighted by Crippen LogP contribution is -2.44. The monoisotopic (exact) mass is 241 g/mol. The van der Waals surface area contributed by atoms with E-state index in [9.17, 15) is 4.79 Å². The Morgan fingerprint density at radius 2 is 2.38 bits per heavy atom. The summed E-state index contributed by atoms with van der Waals surface area (Å²) in [6, 6.07) is -0.418. The molecule has 0 aliphatic rings. The van der Waals surface area contributed by atoms with Crippen molar-refractivity contribution in [3.05, 3.63) is 16.1 Å². The Morgan fingerprint density at radius 3 is 2.88 bits per heavy atom. The molecule has 0 radical (unpaired) electrons. The summed E-state index contributed by atoms with van der Waals surface area (Å²) < 4.78 is 0. The van der Waals surface area contributed by atoms with E-state index in [-0.39, 0.29) is 11.8 Å². The van der Waals surface area contributed by atoms with E-state index in [1.54, 1.807) is 17.5 Å². The molecule has 0 aliphatic heterocycles. The second-order valence-corrected chi connectivity index (χ2v) is 5.29. The number of carbonyl (C=O) groups excluding carboxylic acids is 1. The molecule has 1 heterocycles. The fourth-order valence-electron chi connectivity index (χ4n) is 1.29. The van der Waals surface area contributed by atoms with Crippen LogP contribution in [0.25, 0.3) is 0 Å². The van der Waals surface area contributed by atoms with Crippen molar-refractivity contribution in [1.29, 1.82) is 0 Å². The van der Waals surface area contributed by atoms with Crippen molar-refractivity contribution in [1.82, 2.24) is 10.3 Å². The highest BCUT2D eigenvalue weighted by Crippen LogP contribution is 2.11. The summed E-state index contributed by atoms with van der Waals surface area (Å²) in [6.45, 7) is 6.49. The van der Waals surface area contributed by atoms with E-state index < -0.39 is 6.04 Å². The standard InChI is InChI=1S/C11H19N3OS/c1-4-7(2)10(12)11(15)14-6-9-5-13-8(3)16-9/h5,7,10H,4,6,12H2,1-3H3,(H,14,15)/t7?,10-/m0/s1. The van der Waals surface area contributed by atoms with E-state index in [1.165, 1.54) is 0 Å². The number of rotatable bonds is 5. The summed E-state index contributed by atoms with van der Waals surface area (Å²) in [4.78, 5) is 16.9. The van der Waals surface area contributed by atoms with Crippen LogP contribution in [0.5, 0.6) is 0 Å². The van der Waals surface area contributed by atoms with Gasteiger partial charge in [-0.3, -0.25) is 4.79 Å². The molecule has 0 fully saturated rings. The van der Waals surface area contributed by atoms with Crippen LogP contribution >= 0.6 is 11.3 Å². The summed E-state index contributed by atoms with van der Waals surface area (Å²) in [5, 5.41) is 3.84. The van der Waals surface area contributed by atoms with Crippen molar-refractivity contribution < 1.29 is 4.79 Å². The number of carbonyl (C=O) groups is 1. The molecule has 4 nitrogen and oxygen atoms in total. The van der Waals surface area contributed by atoms with Gasteiger partial charge < -0.3 is 11.1 Å². The Labute approximate surface area is 100 Å². The van der Waals surface area contributed by atoms with Crippen LogP contribution in [0.1, 0.15) is 30.2 Å². The van der Waals surface area contributed by atoms with Gasteiger partial charge >= 0.3 is 0 Å². The molecule has 3 N–H and O–H groups in total. The van der Waals surface area contributed by atoms with Gasteiger partial charge in [-0.1, -0.05) is 20.3 Å². The number of nitrogens with two attached hydrogens (primary N) is 1. The second kappa shape index (κ2) is 5.96. The average molecular weight is 241 g/mol. The zero-order chi connectivity index (χ0) is 12.1. The molecule has 0 aliphatic carbocycles. The Hall–Kier alpha value is -0.940. The van der Waals surface area contributed by atoms with E-state index in [0.717, 1.165) is 16.3 Å². The van der Waals surface area contributed by atoms with Crippen LogP contribution in [0.3, 0.4) is 0 Å². The highest BCUT2D eigenvalue weighted by Gasteiger charge is 2.18. The van der Waals surface area contributed by atoms with E-state index in [1.807, 2.05) is 20.8 Å². The molecule has 1 aromatic rings. The van der Waals surface area contributed by atoms with Gasteiger partial charge in [0.2, 0.25) is 5.91 Å². The summed E-state index contributed by atoms with van der Waals surface area (Å²) in [5.74, 6) is 0.128. The summed E-state index contributed by atoms with van der Waals surface area (Å²) in [7, 11) is 0. The minimum absolute atomic E-state index is 0.0830. The minimum atomic E-state index is -0.418. The van der Waals surface area contributed by atoms with Crippen molar-refractivity contribution in [2.24, 2.45) is 11.7 Å². The SMILES string of the molecule is CCC(C)[C@H](N)C(=O)NCc1cnc(C)s1. The van der Waals surface area contributed by atoms with E-state index in [4.69, 9.17) is 5.73 Å². The van der Waals surface area contributed by atoms with Gasteiger partial charge in [-0.05, 0) is 12.8 Å². The van der Waals surface area contributed by atoms with Crippen molar-refractivity contribution in [3.8, 4) is 0 Å². The van der Waals surface area contributed by atoms with Crippen LogP contribution in [0, 0.1) is 12.8 Å². The maximum Gasteiger partial charge on any atom is 0.237 e. The first-order valence-electron chi connectivity index (χ1n) is 5.49. The highest BCUT2D eigenvalue weighted by molar-refractivity contribution is 7.11. The van der Waals surface area contributed by atoms with Gasteiger partial charge in [-0.15, -0.1) is 11.3 Å². The fourth-order valence-corrected chi connectivity index (χ4v) is 2.03. The van der Waals surface area contributed by atoms with E-state index in [0.29, 0.717) is 6.54 Å². The summed E-state index contributed by atoms with van der Waals surface area (Å²) >= 11 is 1.59. The Morgan fingerprint density at radius 1 is 1.69 bits per heavy atom. The lowest BCUT2D eigenvalue weighted by atomic mass is 9.99. The number of thiazole rings is 1. The second-order valence-electron chi connectivity index (χ2n) is 3.97. The molecule has 1 unspecified atom stereocenters. The molecule has 0 saturated carbocycles. The predicted molar refractivity (Wildman–Crippen MR) is 66.1 cm³/mol. The molecule has 16 heavy (non-hydrogen) atoms. The van der Waals surface area contributed by atoms with Crippen molar-refractivity contribution in [3.63, 3.8) is 0 Å². The largest absolute Gasteiger partial charge is 0.350 e. The number of hydrogen-bond donors (Lipinski definition) is 2. The molecule has 0 spiro atoms. The average Bonchev–Trinajstić information content (AvgIpc) is 2.69. The number of aromatic nitrogens is 1. The van der Waals surface area contributed by atoms with E-state index >= 15 is 0 Å². The first-order valence-corrected chi connectivity index (χ1v) is 6.30. The normalized spacial score (nSPS) is 14.5. The Bertz CT molecular complexity index is 351. The van der Waals surface area contributed by atoms with E-state index in [2.05, 4.69) is 10.3 Å². The van der Waals surface area contributed by atoms with Crippen LogP contribution in [0.4, 0.5) is 0 Å². The summed E-state index contributed by atoms with van der Waals surface area (Å²) in [5.41, 5.74) is 5.82. The zero-order valence-corrected chi connectivity index (χ0v) is 10.8. The van der Waals surface area contributed by atoms with Crippen LogP contribution < -0.4 is 11.1 Å². The highest BCUT2D eigenvalue weighted by atomic mass is 32.1. The predicted octanol–water partition coefficient (Wildman–Crippen LogP) is 1.44. The number of nitrogens with zero attached hydrogens (tertiary/aromatic N) is 1. The molecule has 1 aromatic heterocycles. The molecule has 0 bridgehead atoms. The number of aryl methyl sites for hydroxylation is 1. The maximum atomic E-state index is 11.7. The van der Waals surface area contributed by atoms with Crippen LogP contribution in [0.15, 0.2) is 6.20 Å². The van der Waals surface area contributed by atoms with Gasteiger partial charge in [0, 0.05) is 11.1 Å².